The lowest BCUT2D eigenvalue weighted by Crippen LogP contribution is -2.11. The molecular weight excluding hydrogens is 272 g/mol. The van der Waals surface area contributed by atoms with Crippen LogP contribution in [0.15, 0.2) is 24.3 Å². The Morgan fingerprint density at radius 3 is 1.52 bits per heavy atom. The molecule has 1 saturated heterocycles. The topological polar surface area (TPSA) is 61.8 Å². The third-order valence-corrected chi connectivity index (χ3v) is 2.57. The van der Waals surface area contributed by atoms with Gasteiger partial charge in [0.05, 0.1) is 25.3 Å². The minimum absolute atomic E-state index is 0.210. The van der Waals surface area contributed by atoms with Gasteiger partial charge in [0, 0.05) is 13.2 Å². The Bertz CT molecular complexity index is 382. The first kappa shape index (κ1) is 19.1. The molecule has 0 aromatic heterocycles. The smallest absolute Gasteiger partial charge is 0.338 e. The van der Waals surface area contributed by atoms with Crippen molar-refractivity contribution in [2.24, 2.45) is 0 Å². The maximum Gasteiger partial charge on any atom is 0.338 e. The van der Waals surface area contributed by atoms with Crippen molar-refractivity contribution in [3.8, 4) is 0 Å². The van der Waals surface area contributed by atoms with E-state index in [9.17, 15) is 9.59 Å². The van der Waals surface area contributed by atoms with Crippen molar-refractivity contribution < 1.29 is 23.8 Å². The standard InChI is InChI=1S/C10H10O4.C4H8O.C2H6/c1-13-9(11)7-5-3-4-6-8(7)10(12)14-2;1-2-4-5-3-1;1-2/h3-6H,1-2H3;1-4H2;1-2H3. The maximum absolute atomic E-state index is 11.2. The van der Waals surface area contributed by atoms with Gasteiger partial charge in [-0.1, -0.05) is 26.0 Å². The Kier molecular flexibility index (Phi) is 10.8. The highest BCUT2D eigenvalue weighted by molar-refractivity contribution is 6.02. The Labute approximate surface area is 126 Å². The number of rotatable bonds is 2. The van der Waals surface area contributed by atoms with Gasteiger partial charge in [-0.3, -0.25) is 0 Å². The first-order chi connectivity index (χ1) is 10.2. The third-order valence-electron chi connectivity index (χ3n) is 2.57. The molecule has 5 heteroatoms. The van der Waals surface area contributed by atoms with Crippen LogP contribution in [0.1, 0.15) is 47.4 Å². The highest BCUT2D eigenvalue weighted by atomic mass is 16.5. The van der Waals surface area contributed by atoms with Crippen LogP contribution in [0.5, 0.6) is 0 Å². The van der Waals surface area contributed by atoms with Crippen molar-refractivity contribution in [1.29, 1.82) is 0 Å². The summed E-state index contributed by atoms with van der Waals surface area (Å²) in [5, 5.41) is 0. The molecule has 0 bridgehead atoms. The second-order valence-electron chi connectivity index (χ2n) is 3.85. The lowest BCUT2D eigenvalue weighted by Gasteiger charge is -2.04. The van der Waals surface area contributed by atoms with E-state index in [0.29, 0.717) is 0 Å². The van der Waals surface area contributed by atoms with Crippen LogP contribution in [0.3, 0.4) is 0 Å². The van der Waals surface area contributed by atoms with Gasteiger partial charge in [-0.25, -0.2) is 9.59 Å². The van der Waals surface area contributed by atoms with Gasteiger partial charge in [0.15, 0.2) is 0 Å². The Balaban J connectivity index is 0.000000473. The van der Waals surface area contributed by atoms with Gasteiger partial charge in [-0.05, 0) is 25.0 Å². The van der Waals surface area contributed by atoms with Gasteiger partial charge >= 0.3 is 11.9 Å². The van der Waals surface area contributed by atoms with Crippen molar-refractivity contribution in [2.75, 3.05) is 27.4 Å². The summed E-state index contributed by atoms with van der Waals surface area (Å²) in [5.41, 5.74) is 0.420. The molecular formula is C16H24O5. The minimum atomic E-state index is -0.550. The second-order valence-corrected chi connectivity index (χ2v) is 3.85. The highest BCUT2D eigenvalue weighted by Gasteiger charge is 2.16. The molecule has 118 valence electrons. The van der Waals surface area contributed by atoms with Crippen molar-refractivity contribution >= 4 is 11.9 Å². The molecule has 1 heterocycles. The molecule has 1 aliphatic heterocycles. The first-order valence-electron chi connectivity index (χ1n) is 7.04. The van der Waals surface area contributed by atoms with Crippen LogP contribution in [-0.2, 0) is 14.2 Å². The van der Waals surface area contributed by atoms with Crippen LogP contribution in [0, 0.1) is 0 Å². The summed E-state index contributed by atoms with van der Waals surface area (Å²) >= 11 is 0. The van der Waals surface area contributed by atoms with E-state index in [1.165, 1.54) is 39.2 Å². The fourth-order valence-electron chi connectivity index (χ4n) is 1.57. The summed E-state index contributed by atoms with van der Waals surface area (Å²) in [5.74, 6) is -1.10. The van der Waals surface area contributed by atoms with Crippen LogP contribution >= 0.6 is 0 Å². The summed E-state index contributed by atoms with van der Waals surface area (Å²) in [6, 6.07) is 6.33. The fourth-order valence-corrected chi connectivity index (χ4v) is 1.57. The average Bonchev–Trinajstić information content (AvgIpc) is 3.15. The lowest BCUT2D eigenvalue weighted by atomic mass is 10.1. The Hall–Kier alpha value is -1.88. The predicted octanol–water partition coefficient (Wildman–Crippen LogP) is 3.08. The Morgan fingerprint density at radius 2 is 1.29 bits per heavy atom. The van der Waals surface area contributed by atoms with E-state index in [4.69, 9.17) is 4.74 Å². The van der Waals surface area contributed by atoms with Gasteiger partial charge in [0.1, 0.15) is 0 Å². The zero-order valence-corrected chi connectivity index (χ0v) is 13.2. The second kappa shape index (κ2) is 11.9. The van der Waals surface area contributed by atoms with Crippen molar-refractivity contribution in [1.82, 2.24) is 0 Å². The molecule has 1 aromatic rings. The largest absolute Gasteiger partial charge is 0.465 e. The summed E-state index contributed by atoms with van der Waals surface area (Å²) in [7, 11) is 2.52. The van der Waals surface area contributed by atoms with Crippen LogP contribution in [-0.4, -0.2) is 39.4 Å². The average molecular weight is 296 g/mol. The number of methoxy groups -OCH3 is 2. The third kappa shape index (κ3) is 6.90. The molecule has 0 aliphatic carbocycles. The zero-order valence-electron chi connectivity index (χ0n) is 13.2. The van der Waals surface area contributed by atoms with E-state index in [0.717, 1.165) is 13.2 Å². The van der Waals surface area contributed by atoms with Crippen LogP contribution in [0.2, 0.25) is 0 Å². The molecule has 0 atom stereocenters. The monoisotopic (exact) mass is 296 g/mol. The van der Waals surface area contributed by atoms with Crippen LogP contribution < -0.4 is 0 Å². The number of esters is 2. The van der Waals surface area contributed by atoms with E-state index in [2.05, 4.69) is 9.47 Å². The summed E-state index contributed by atoms with van der Waals surface area (Å²) in [6.07, 6.45) is 2.56. The molecule has 1 aliphatic rings. The Morgan fingerprint density at radius 1 is 0.905 bits per heavy atom. The predicted molar refractivity (Wildman–Crippen MR) is 80.5 cm³/mol. The molecule has 5 nitrogen and oxygen atoms in total. The maximum atomic E-state index is 11.2. The number of ether oxygens (including phenoxy) is 3. The van der Waals surface area contributed by atoms with Gasteiger partial charge in [-0.15, -0.1) is 0 Å². The summed E-state index contributed by atoms with van der Waals surface area (Å²) in [4.78, 5) is 22.4. The number of hydrogen-bond donors (Lipinski definition) is 0. The summed E-state index contributed by atoms with van der Waals surface area (Å²) in [6.45, 7) is 6.00. The minimum Gasteiger partial charge on any atom is -0.465 e. The molecule has 0 N–H and O–H groups in total. The molecule has 0 spiro atoms. The number of carbonyl (C=O) groups excluding carboxylic acids is 2. The van der Waals surface area contributed by atoms with Gasteiger partial charge in [0.25, 0.3) is 0 Å². The van der Waals surface area contributed by atoms with E-state index in [1.54, 1.807) is 12.1 Å². The lowest BCUT2D eigenvalue weighted by molar-refractivity contribution is 0.0555. The van der Waals surface area contributed by atoms with Gasteiger partial charge < -0.3 is 14.2 Å². The van der Waals surface area contributed by atoms with Crippen LogP contribution in [0.25, 0.3) is 0 Å². The fraction of sp³-hybridized carbons (Fsp3) is 0.500. The molecule has 21 heavy (non-hydrogen) atoms. The molecule has 2 rings (SSSR count). The normalized spacial score (nSPS) is 12.2. The number of benzene rings is 1. The zero-order chi connectivity index (χ0) is 16.1. The molecule has 0 amide bonds. The van der Waals surface area contributed by atoms with Crippen molar-refractivity contribution in [3.63, 3.8) is 0 Å². The highest BCUT2D eigenvalue weighted by Crippen LogP contribution is 2.10. The molecule has 1 aromatic carbocycles. The molecule has 0 saturated carbocycles. The molecule has 1 fully saturated rings. The van der Waals surface area contributed by atoms with Gasteiger partial charge in [0.2, 0.25) is 0 Å². The van der Waals surface area contributed by atoms with E-state index in [-0.39, 0.29) is 11.1 Å². The van der Waals surface area contributed by atoms with E-state index < -0.39 is 11.9 Å². The SMILES string of the molecule is C1CCOC1.CC.COC(=O)c1ccccc1C(=O)OC. The van der Waals surface area contributed by atoms with Crippen molar-refractivity contribution in [2.45, 2.75) is 26.7 Å². The van der Waals surface area contributed by atoms with E-state index >= 15 is 0 Å². The quantitative estimate of drug-likeness (QED) is 0.785. The van der Waals surface area contributed by atoms with E-state index in [1.807, 2.05) is 13.8 Å². The van der Waals surface area contributed by atoms with Crippen LogP contribution in [0.4, 0.5) is 0 Å². The first-order valence-corrected chi connectivity index (χ1v) is 7.04. The number of carbonyl (C=O) groups is 2. The van der Waals surface area contributed by atoms with Crippen molar-refractivity contribution in [3.05, 3.63) is 35.4 Å². The summed E-state index contributed by atoms with van der Waals surface area (Å²) < 4.78 is 14.0. The molecule has 0 unspecified atom stereocenters. The molecule has 0 radical (unpaired) electrons. The number of hydrogen-bond acceptors (Lipinski definition) is 5. The van der Waals surface area contributed by atoms with Gasteiger partial charge in [-0.2, -0.15) is 0 Å².